The van der Waals surface area contributed by atoms with Crippen molar-refractivity contribution in [1.82, 2.24) is 9.88 Å². The molecule has 0 spiro atoms. The zero-order valence-corrected chi connectivity index (χ0v) is 9.08. The predicted molar refractivity (Wildman–Crippen MR) is 56.1 cm³/mol. The van der Waals surface area contributed by atoms with Gasteiger partial charge in [-0.1, -0.05) is 11.6 Å². The van der Waals surface area contributed by atoms with Crippen molar-refractivity contribution in [2.24, 2.45) is 0 Å². The number of hydrogen-bond donors (Lipinski definition) is 1. The Hall–Kier alpha value is -1.29. The normalized spacial score (nSPS) is 14.9. The number of halogens is 1. The highest BCUT2D eigenvalue weighted by Crippen LogP contribution is 2.23. The average molecular weight is 227 g/mol. The molecule has 0 saturated carbocycles. The number of carbonyl (C=O) groups is 1. The van der Waals surface area contributed by atoms with Crippen LogP contribution in [0.1, 0.15) is 16.8 Å². The highest BCUT2D eigenvalue weighted by atomic mass is 35.5. The van der Waals surface area contributed by atoms with Crippen molar-refractivity contribution in [2.75, 3.05) is 6.54 Å². The molecule has 1 aliphatic heterocycles. The molecule has 0 bridgehead atoms. The van der Waals surface area contributed by atoms with Crippen molar-refractivity contribution < 1.29 is 9.90 Å². The second-order valence-corrected chi connectivity index (χ2v) is 4.03. The van der Waals surface area contributed by atoms with Gasteiger partial charge in [0.25, 0.3) is 0 Å². The molecule has 0 radical (unpaired) electrons. The number of pyridine rings is 1. The summed E-state index contributed by atoms with van der Waals surface area (Å²) in [5.41, 5.74) is 2.93. The molecule has 0 unspecified atom stereocenters. The SMILES string of the molecule is Cc1cc(Cl)nc2c1CN(C(=O)O)CC2. The van der Waals surface area contributed by atoms with Crippen LogP contribution >= 0.6 is 11.6 Å². The van der Waals surface area contributed by atoms with E-state index in [1.165, 1.54) is 4.90 Å². The average Bonchev–Trinajstić information content (AvgIpc) is 2.16. The monoisotopic (exact) mass is 226 g/mol. The second-order valence-electron chi connectivity index (χ2n) is 3.64. The van der Waals surface area contributed by atoms with Crippen LogP contribution in [0.4, 0.5) is 4.79 Å². The van der Waals surface area contributed by atoms with E-state index in [0.29, 0.717) is 24.7 Å². The lowest BCUT2D eigenvalue weighted by Crippen LogP contribution is -2.35. The fourth-order valence-electron chi connectivity index (χ4n) is 1.82. The van der Waals surface area contributed by atoms with Crippen molar-refractivity contribution in [3.8, 4) is 0 Å². The molecular formula is C10H11ClN2O2. The molecule has 4 nitrogen and oxygen atoms in total. The van der Waals surface area contributed by atoms with Gasteiger partial charge in [0.15, 0.2) is 0 Å². The topological polar surface area (TPSA) is 53.4 Å². The van der Waals surface area contributed by atoms with Crippen LogP contribution in [0.5, 0.6) is 0 Å². The van der Waals surface area contributed by atoms with Gasteiger partial charge in [-0.15, -0.1) is 0 Å². The first-order valence-electron chi connectivity index (χ1n) is 4.70. The Labute approximate surface area is 92.5 Å². The van der Waals surface area contributed by atoms with Gasteiger partial charge in [-0.25, -0.2) is 9.78 Å². The highest BCUT2D eigenvalue weighted by molar-refractivity contribution is 6.29. The maximum atomic E-state index is 10.8. The summed E-state index contributed by atoms with van der Waals surface area (Å²) in [5.74, 6) is 0. The maximum Gasteiger partial charge on any atom is 0.407 e. The molecule has 1 aromatic heterocycles. The summed E-state index contributed by atoms with van der Waals surface area (Å²) < 4.78 is 0. The number of nitrogens with zero attached hydrogens (tertiary/aromatic N) is 2. The number of aromatic nitrogens is 1. The number of hydrogen-bond acceptors (Lipinski definition) is 2. The third-order valence-electron chi connectivity index (χ3n) is 2.64. The van der Waals surface area contributed by atoms with Gasteiger partial charge in [-0.3, -0.25) is 0 Å². The van der Waals surface area contributed by atoms with Crippen LogP contribution in [0, 0.1) is 6.92 Å². The van der Waals surface area contributed by atoms with Gasteiger partial charge in [0.2, 0.25) is 0 Å². The lowest BCUT2D eigenvalue weighted by molar-refractivity contribution is 0.139. The van der Waals surface area contributed by atoms with Crippen LogP contribution in [0.25, 0.3) is 0 Å². The molecule has 5 heteroatoms. The fourth-order valence-corrected chi connectivity index (χ4v) is 2.08. The molecule has 2 rings (SSSR count). The minimum Gasteiger partial charge on any atom is -0.465 e. The zero-order valence-electron chi connectivity index (χ0n) is 8.33. The van der Waals surface area contributed by atoms with Crippen LogP contribution in [-0.2, 0) is 13.0 Å². The van der Waals surface area contributed by atoms with Crippen LogP contribution in [0.2, 0.25) is 5.15 Å². The summed E-state index contributed by atoms with van der Waals surface area (Å²) in [4.78, 5) is 16.4. The molecule has 1 aromatic rings. The van der Waals surface area contributed by atoms with Crippen molar-refractivity contribution in [1.29, 1.82) is 0 Å². The van der Waals surface area contributed by atoms with E-state index in [1.807, 2.05) is 6.92 Å². The first kappa shape index (κ1) is 10.2. The summed E-state index contributed by atoms with van der Waals surface area (Å²) in [6.07, 6.45) is -0.238. The molecule has 80 valence electrons. The van der Waals surface area contributed by atoms with Crippen LogP contribution in [0.15, 0.2) is 6.07 Å². The molecule has 1 aliphatic rings. The Morgan fingerprint density at radius 2 is 2.40 bits per heavy atom. The summed E-state index contributed by atoms with van der Waals surface area (Å²) >= 11 is 5.84. The quantitative estimate of drug-likeness (QED) is 0.689. The van der Waals surface area contributed by atoms with Crippen molar-refractivity contribution >= 4 is 17.7 Å². The Morgan fingerprint density at radius 1 is 1.67 bits per heavy atom. The van der Waals surface area contributed by atoms with Crippen molar-refractivity contribution in [2.45, 2.75) is 19.9 Å². The van der Waals surface area contributed by atoms with E-state index in [2.05, 4.69) is 4.98 Å². The van der Waals surface area contributed by atoms with E-state index in [9.17, 15) is 4.79 Å². The summed E-state index contributed by atoms with van der Waals surface area (Å²) in [6.45, 7) is 2.84. The van der Waals surface area contributed by atoms with E-state index in [1.54, 1.807) is 6.07 Å². The number of amides is 1. The minimum atomic E-state index is -0.880. The van der Waals surface area contributed by atoms with E-state index in [4.69, 9.17) is 16.7 Å². The van der Waals surface area contributed by atoms with Crippen LogP contribution < -0.4 is 0 Å². The highest BCUT2D eigenvalue weighted by Gasteiger charge is 2.22. The predicted octanol–water partition coefficient (Wildman–Crippen LogP) is 2.08. The Kier molecular flexibility index (Phi) is 2.52. The van der Waals surface area contributed by atoms with Crippen LogP contribution in [-0.4, -0.2) is 27.6 Å². The van der Waals surface area contributed by atoms with E-state index < -0.39 is 6.09 Å². The third-order valence-corrected chi connectivity index (χ3v) is 2.83. The maximum absolute atomic E-state index is 10.8. The molecule has 0 saturated heterocycles. The van der Waals surface area contributed by atoms with E-state index in [-0.39, 0.29) is 0 Å². The molecular weight excluding hydrogens is 216 g/mol. The lowest BCUT2D eigenvalue weighted by Gasteiger charge is -2.26. The molecule has 0 aromatic carbocycles. The first-order valence-corrected chi connectivity index (χ1v) is 5.08. The van der Waals surface area contributed by atoms with Gasteiger partial charge in [0.05, 0.1) is 6.54 Å². The Balaban J connectivity index is 2.37. The standard InChI is InChI=1S/C10H11ClN2O2/c1-6-4-9(11)12-8-2-3-13(10(14)15)5-7(6)8/h4H,2-3,5H2,1H3,(H,14,15). The summed E-state index contributed by atoms with van der Waals surface area (Å²) in [6, 6.07) is 1.77. The number of rotatable bonds is 0. The van der Waals surface area contributed by atoms with Gasteiger partial charge >= 0.3 is 6.09 Å². The minimum absolute atomic E-state index is 0.417. The third kappa shape index (κ3) is 1.90. The van der Waals surface area contributed by atoms with E-state index >= 15 is 0 Å². The molecule has 1 N–H and O–H groups in total. The smallest absolute Gasteiger partial charge is 0.407 e. The molecule has 2 heterocycles. The van der Waals surface area contributed by atoms with Gasteiger partial charge in [0, 0.05) is 18.7 Å². The second kappa shape index (κ2) is 3.70. The number of fused-ring (bicyclic) bond motifs is 1. The largest absolute Gasteiger partial charge is 0.465 e. The van der Waals surface area contributed by atoms with E-state index in [0.717, 1.165) is 16.8 Å². The number of aryl methyl sites for hydroxylation is 1. The van der Waals surface area contributed by atoms with Gasteiger partial charge in [-0.2, -0.15) is 0 Å². The Bertz CT molecular complexity index is 420. The lowest BCUT2D eigenvalue weighted by atomic mass is 10.0. The first-order chi connectivity index (χ1) is 7.08. The van der Waals surface area contributed by atoms with Gasteiger partial charge in [-0.05, 0) is 24.1 Å². The summed E-state index contributed by atoms with van der Waals surface area (Å²) in [7, 11) is 0. The van der Waals surface area contributed by atoms with Gasteiger partial charge in [0.1, 0.15) is 5.15 Å². The van der Waals surface area contributed by atoms with Crippen molar-refractivity contribution in [3.63, 3.8) is 0 Å². The number of carboxylic acid groups (broad SMARTS) is 1. The zero-order chi connectivity index (χ0) is 11.0. The fraction of sp³-hybridized carbons (Fsp3) is 0.400. The molecule has 1 amide bonds. The molecule has 0 fully saturated rings. The Morgan fingerprint density at radius 3 is 3.07 bits per heavy atom. The molecule has 15 heavy (non-hydrogen) atoms. The van der Waals surface area contributed by atoms with Gasteiger partial charge < -0.3 is 10.0 Å². The molecule has 0 atom stereocenters. The molecule has 0 aliphatic carbocycles. The van der Waals surface area contributed by atoms with Crippen molar-refractivity contribution in [3.05, 3.63) is 28.0 Å². The van der Waals surface area contributed by atoms with Crippen LogP contribution in [0.3, 0.4) is 0 Å². The summed E-state index contributed by atoms with van der Waals surface area (Å²) in [5, 5.41) is 9.37.